The van der Waals surface area contributed by atoms with Gasteiger partial charge in [0.15, 0.2) is 23.3 Å². The highest BCUT2D eigenvalue weighted by Gasteiger charge is 2.25. The molecule has 11 nitrogen and oxygen atoms in total. The molecule has 0 unspecified atom stereocenters. The minimum atomic E-state index is -0.749. The van der Waals surface area contributed by atoms with Gasteiger partial charge in [0, 0.05) is 93.4 Å². The van der Waals surface area contributed by atoms with Gasteiger partial charge in [-0.1, -0.05) is 6.07 Å². The fourth-order valence-corrected chi connectivity index (χ4v) is 8.91. The third-order valence-corrected chi connectivity index (χ3v) is 11.8. The van der Waals surface area contributed by atoms with Crippen LogP contribution in [0.5, 0.6) is 0 Å². The maximum Gasteiger partial charge on any atom is 0.159 e. The van der Waals surface area contributed by atoms with Crippen LogP contribution in [0.4, 0.5) is 8.78 Å². The van der Waals surface area contributed by atoms with Crippen LogP contribution in [-0.4, -0.2) is 49.0 Å². The van der Waals surface area contributed by atoms with Crippen LogP contribution in [0.15, 0.2) is 177 Å². The highest BCUT2D eigenvalue weighted by Crippen LogP contribution is 2.43. The summed E-state index contributed by atoms with van der Waals surface area (Å²) in [5, 5.41) is 14.8. The maximum absolute atomic E-state index is 16.1. The molecule has 12 rings (SSSR count). The number of nitriles is 1. The van der Waals surface area contributed by atoms with Crippen molar-refractivity contribution in [2.24, 2.45) is 0 Å². The second kappa shape index (κ2) is 15.4. The Labute approximate surface area is 373 Å². The first-order valence-electron chi connectivity index (χ1n) is 20.8. The predicted octanol–water partition coefficient (Wildman–Crippen LogP) is 11.5. The normalized spacial score (nSPS) is 11.5. The van der Waals surface area contributed by atoms with E-state index >= 15 is 8.78 Å². The highest BCUT2D eigenvalue weighted by molar-refractivity contribution is 6.13. The van der Waals surface area contributed by atoms with Crippen LogP contribution in [0.1, 0.15) is 5.56 Å². The van der Waals surface area contributed by atoms with Gasteiger partial charge >= 0.3 is 0 Å². The Bertz CT molecular complexity index is 3470. The molecule has 13 heteroatoms. The molecule has 12 aromatic rings. The number of fused-ring (bicyclic) bond motifs is 6. The number of hydrogen-bond acceptors (Lipinski definition) is 9. The Hall–Kier alpha value is -9.41. The first kappa shape index (κ1) is 38.3. The lowest BCUT2D eigenvalue weighted by Crippen LogP contribution is -2.06. The first-order chi connectivity index (χ1) is 32.5. The quantitative estimate of drug-likeness (QED) is 0.153. The fraction of sp³-hybridized carbons (Fsp3) is 0. The molecule has 66 heavy (non-hydrogen) atoms. The van der Waals surface area contributed by atoms with E-state index in [9.17, 15) is 5.26 Å². The molecule has 0 aliphatic rings. The molecule has 0 saturated carbocycles. The molecule has 0 saturated heterocycles. The molecule has 6 heterocycles. The Balaban J connectivity index is 1.20. The lowest BCUT2D eigenvalue weighted by atomic mass is 9.99. The number of nitrogens with zero attached hydrogens (tertiary/aromatic N) is 11. The van der Waals surface area contributed by atoms with Crippen molar-refractivity contribution in [1.82, 2.24) is 49.0 Å². The maximum atomic E-state index is 16.1. The van der Waals surface area contributed by atoms with Crippen molar-refractivity contribution in [2.45, 2.75) is 0 Å². The summed E-state index contributed by atoms with van der Waals surface area (Å²) < 4.78 is 36.2. The Morgan fingerprint density at radius 3 is 0.955 bits per heavy atom. The van der Waals surface area contributed by atoms with Crippen molar-refractivity contribution >= 4 is 43.6 Å². The van der Waals surface area contributed by atoms with E-state index in [1.807, 2.05) is 81.9 Å². The smallest absolute Gasteiger partial charge is 0.159 e. The van der Waals surface area contributed by atoms with E-state index in [4.69, 9.17) is 0 Å². The summed E-state index contributed by atoms with van der Waals surface area (Å²) in [4.78, 5) is 36.2. The van der Waals surface area contributed by atoms with Gasteiger partial charge in [0.05, 0.1) is 39.0 Å². The monoisotopic (exact) mass is 857 g/mol. The molecule has 0 atom stereocenters. The number of halogens is 2. The van der Waals surface area contributed by atoms with E-state index in [2.05, 4.69) is 45.9 Å². The van der Waals surface area contributed by atoms with Gasteiger partial charge in [0.2, 0.25) is 0 Å². The summed E-state index contributed by atoms with van der Waals surface area (Å²) in [6.45, 7) is 0. The molecule has 6 aromatic carbocycles. The van der Waals surface area contributed by atoms with Crippen LogP contribution in [-0.2, 0) is 0 Å². The summed E-state index contributed by atoms with van der Waals surface area (Å²) in [7, 11) is 0. The topological polar surface area (TPSA) is 137 Å². The van der Waals surface area contributed by atoms with Crippen LogP contribution in [0.2, 0.25) is 0 Å². The second-order valence-electron chi connectivity index (χ2n) is 15.5. The molecule has 0 amide bonds. The summed E-state index contributed by atoms with van der Waals surface area (Å²) in [6.07, 6.45) is 13.5. The van der Waals surface area contributed by atoms with Crippen LogP contribution in [0.3, 0.4) is 0 Å². The zero-order valence-electron chi connectivity index (χ0n) is 34.4. The van der Waals surface area contributed by atoms with E-state index in [0.717, 1.165) is 65.9 Å². The largest absolute Gasteiger partial charge is 0.308 e. The van der Waals surface area contributed by atoms with Crippen LogP contribution < -0.4 is 0 Å². The number of rotatable bonds is 7. The van der Waals surface area contributed by atoms with Crippen LogP contribution >= 0.6 is 0 Å². The molecular formula is C53H29F2N11. The van der Waals surface area contributed by atoms with Crippen molar-refractivity contribution in [1.29, 1.82) is 5.26 Å². The average molecular weight is 858 g/mol. The van der Waals surface area contributed by atoms with Crippen molar-refractivity contribution in [3.05, 3.63) is 194 Å². The summed E-state index contributed by atoms with van der Waals surface area (Å²) >= 11 is 0. The van der Waals surface area contributed by atoms with E-state index in [1.165, 1.54) is 18.2 Å². The lowest BCUT2D eigenvalue weighted by molar-refractivity contribution is 0.589. The van der Waals surface area contributed by atoms with Gasteiger partial charge < -0.3 is 9.13 Å². The van der Waals surface area contributed by atoms with Gasteiger partial charge in [0.25, 0.3) is 0 Å². The first-order valence-corrected chi connectivity index (χ1v) is 20.8. The average Bonchev–Trinajstić information content (AvgIpc) is 3.88. The minimum Gasteiger partial charge on any atom is -0.308 e. The molecule has 0 radical (unpaired) electrons. The van der Waals surface area contributed by atoms with E-state index < -0.39 is 11.6 Å². The molecule has 0 aliphatic carbocycles. The van der Waals surface area contributed by atoms with Crippen LogP contribution in [0, 0.1) is 23.0 Å². The van der Waals surface area contributed by atoms with E-state index in [-0.39, 0.29) is 16.7 Å². The van der Waals surface area contributed by atoms with Crippen molar-refractivity contribution in [2.75, 3.05) is 0 Å². The lowest BCUT2D eigenvalue weighted by Gasteiger charge is -2.19. The number of hydrogen-bond donors (Lipinski definition) is 0. The molecule has 0 spiro atoms. The zero-order chi connectivity index (χ0) is 44.3. The molecule has 0 N–H and O–H groups in total. The Morgan fingerprint density at radius 1 is 0.364 bits per heavy atom. The number of benzene rings is 6. The molecule has 310 valence electrons. The second-order valence-corrected chi connectivity index (χ2v) is 15.5. The van der Waals surface area contributed by atoms with Gasteiger partial charge in [-0.15, -0.1) is 0 Å². The zero-order valence-corrected chi connectivity index (χ0v) is 34.4. The third kappa shape index (κ3) is 6.23. The van der Waals surface area contributed by atoms with Crippen LogP contribution in [0.25, 0.3) is 112 Å². The van der Waals surface area contributed by atoms with Gasteiger partial charge in [-0.2, -0.15) is 5.26 Å². The Morgan fingerprint density at radius 2 is 0.667 bits per heavy atom. The number of aromatic nitrogens is 10. The van der Waals surface area contributed by atoms with Gasteiger partial charge in [-0.05, 0) is 127 Å². The predicted molar refractivity (Wildman–Crippen MR) is 249 cm³/mol. The van der Waals surface area contributed by atoms with E-state index in [0.29, 0.717) is 34.7 Å². The van der Waals surface area contributed by atoms with E-state index in [1.54, 1.807) is 86.0 Å². The summed E-state index contributed by atoms with van der Waals surface area (Å²) in [5.41, 5.74) is 7.07. The third-order valence-electron chi connectivity index (χ3n) is 11.8. The minimum absolute atomic E-state index is 0.229. The summed E-state index contributed by atoms with van der Waals surface area (Å²) in [6, 6.07) is 40.4. The standard InChI is InChI=1S/C53H29F2N11/c54-41-6-1-7-42(55)49(41)35-28-47(65-43-12-8-31(50-57-16-2-17-58-50)24-36(43)37-25-32(9-13-44(37)65)51-59-18-3-19-60-51)40(30-56)48(29-35)66-45-14-10-33(52-61-20-4-21-62-52)26-38(45)39-27-34(11-15-46(39)66)53-63-22-5-23-64-53/h1-29H. The highest BCUT2D eigenvalue weighted by atomic mass is 19.1. The van der Waals surface area contributed by atoms with Gasteiger partial charge in [0.1, 0.15) is 23.3 Å². The van der Waals surface area contributed by atoms with Crippen molar-refractivity contribution < 1.29 is 8.78 Å². The molecule has 0 aliphatic heterocycles. The molecule has 0 fully saturated rings. The Kier molecular flexibility index (Phi) is 8.95. The SMILES string of the molecule is N#Cc1c(-n2c3ccc(-c4ncccn4)cc3c3cc(-c4ncccn4)ccc32)cc(-c2c(F)cccc2F)cc1-n1c2ccc(-c3ncccn3)cc2c2cc(-c3ncccn3)ccc21. The van der Waals surface area contributed by atoms with Crippen molar-refractivity contribution in [3.63, 3.8) is 0 Å². The molecule has 6 aromatic heterocycles. The van der Waals surface area contributed by atoms with Gasteiger partial charge in [-0.25, -0.2) is 48.7 Å². The molecule has 0 bridgehead atoms. The summed E-state index contributed by atoms with van der Waals surface area (Å²) in [5.74, 6) is 0.651. The van der Waals surface area contributed by atoms with Gasteiger partial charge in [-0.3, -0.25) is 0 Å². The van der Waals surface area contributed by atoms with Crippen molar-refractivity contribution in [3.8, 4) is 74.1 Å². The fourth-order valence-electron chi connectivity index (χ4n) is 8.91. The molecular weight excluding hydrogens is 829 g/mol.